The quantitative estimate of drug-likeness (QED) is 0.247. The van der Waals surface area contributed by atoms with Gasteiger partial charge in [-0.05, 0) is 46.2 Å². The van der Waals surface area contributed by atoms with E-state index in [-0.39, 0.29) is 44.1 Å². The summed E-state index contributed by atoms with van der Waals surface area (Å²) in [5.74, 6) is -1.03. The number of esters is 1. The number of benzene rings is 2. The maximum absolute atomic E-state index is 13.8. The highest BCUT2D eigenvalue weighted by atomic mass is 32.2. The first-order valence-electron chi connectivity index (χ1n) is 14.9. The summed E-state index contributed by atoms with van der Waals surface area (Å²) in [6, 6.07) is 19.5. The Morgan fingerprint density at radius 3 is 2.16 bits per heavy atom. The summed E-state index contributed by atoms with van der Waals surface area (Å²) >= 11 is 1.39. The Labute approximate surface area is 267 Å². The van der Waals surface area contributed by atoms with Gasteiger partial charge in [-0.2, -0.15) is 0 Å². The molecule has 1 unspecified atom stereocenters. The van der Waals surface area contributed by atoms with Gasteiger partial charge >= 0.3 is 12.1 Å². The second-order valence-corrected chi connectivity index (χ2v) is 12.5. The molecule has 0 spiro atoms. The number of nitrogens with one attached hydrogen (secondary N) is 1. The Balaban J connectivity index is 1.57. The molecule has 1 fully saturated rings. The van der Waals surface area contributed by atoms with Crippen molar-refractivity contribution in [2.45, 2.75) is 62.1 Å². The molecule has 238 valence electrons. The molecule has 1 aliphatic heterocycles. The molecule has 1 saturated heterocycles. The highest BCUT2D eigenvalue weighted by Crippen LogP contribution is 2.28. The minimum atomic E-state index is -1.03. The van der Waals surface area contributed by atoms with E-state index in [4.69, 9.17) is 14.5 Å². The zero-order chi connectivity index (χ0) is 32.4. The molecule has 1 N–H and O–H groups in total. The molecular formula is C33H39N5O6S. The smallest absolute Gasteiger partial charge is 0.409 e. The number of aromatic nitrogens is 2. The zero-order valence-corrected chi connectivity index (χ0v) is 26.8. The molecule has 1 atom stereocenters. The molecule has 4 rings (SSSR count). The summed E-state index contributed by atoms with van der Waals surface area (Å²) in [7, 11) is 0. The van der Waals surface area contributed by atoms with E-state index in [9.17, 15) is 19.2 Å². The summed E-state index contributed by atoms with van der Waals surface area (Å²) in [4.78, 5) is 65.5. The summed E-state index contributed by atoms with van der Waals surface area (Å²) in [6.07, 6.45) is -0.480. The predicted molar refractivity (Wildman–Crippen MR) is 170 cm³/mol. The lowest BCUT2D eigenvalue weighted by atomic mass is 10.1. The summed E-state index contributed by atoms with van der Waals surface area (Å²) in [6.45, 7) is 8.42. The molecule has 2 aromatic carbocycles. The van der Waals surface area contributed by atoms with Crippen LogP contribution in [0.3, 0.4) is 0 Å². The molecule has 1 aliphatic rings. The van der Waals surface area contributed by atoms with Crippen LogP contribution >= 0.6 is 11.8 Å². The first-order chi connectivity index (χ1) is 21.5. The van der Waals surface area contributed by atoms with Crippen LogP contribution < -0.4 is 5.32 Å². The lowest BCUT2D eigenvalue weighted by Gasteiger charge is -2.36. The van der Waals surface area contributed by atoms with Gasteiger partial charge in [-0.25, -0.2) is 14.8 Å². The lowest BCUT2D eigenvalue weighted by Crippen LogP contribution is -2.56. The van der Waals surface area contributed by atoms with Crippen LogP contribution in [-0.2, 0) is 19.1 Å². The number of rotatable bonds is 10. The van der Waals surface area contributed by atoms with Gasteiger partial charge in [-0.3, -0.25) is 14.4 Å². The standard InChI is InChI=1S/C33H39N5O6S/c1-5-43-32(42)38-20-18-37(19-21-38)31(41)25(16-17-28(39)44-33(2,3)4)35-30(40)26-22-27(45-24-14-10-7-11-15-24)36-29(34-26)23-12-8-6-9-13-23/h6-15,22,25H,5,16-21H2,1-4H3,(H,35,40). The van der Waals surface area contributed by atoms with E-state index in [2.05, 4.69) is 10.3 Å². The average molecular weight is 634 g/mol. The first-order valence-corrected chi connectivity index (χ1v) is 15.7. The molecule has 11 nitrogen and oxygen atoms in total. The van der Waals surface area contributed by atoms with Crippen molar-refractivity contribution in [1.82, 2.24) is 25.1 Å². The number of amides is 3. The van der Waals surface area contributed by atoms with E-state index in [0.29, 0.717) is 23.9 Å². The van der Waals surface area contributed by atoms with Gasteiger partial charge in [0.2, 0.25) is 5.91 Å². The topological polar surface area (TPSA) is 131 Å². The van der Waals surface area contributed by atoms with E-state index in [0.717, 1.165) is 10.5 Å². The number of hydrogen-bond donors (Lipinski definition) is 1. The van der Waals surface area contributed by atoms with Crippen molar-refractivity contribution in [3.05, 3.63) is 72.4 Å². The van der Waals surface area contributed by atoms with E-state index in [1.165, 1.54) is 11.8 Å². The van der Waals surface area contributed by atoms with Crippen LogP contribution in [0.25, 0.3) is 11.4 Å². The Hall–Kier alpha value is -4.45. The first kappa shape index (κ1) is 33.4. The van der Waals surface area contributed by atoms with Gasteiger partial charge in [-0.1, -0.05) is 60.3 Å². The van der Waals surface area contributed by atoms with Crippen LogP contribution in [0.1, 0.15) is 51.0 Å². The van der Waals surface area contributed by atoms with Crippen LogP contribution in [0.4, 0.5) is 4.79 Å². The van der Waals surface area contributed by atoms with Gasteiger partial charge in [0.1, 0.15) is 22.4 Å². The second-order valence-electron chi connectivity index (χ2n) is 11.4. The normalized spacial score (nSPS) is 14.0. The van der Waals surface area contributed by atoms with E-state index < -0.39 is 29.6 Å². The van der Waals surface area contributed by atoms with Gasteiger partial charge < -0.3 is 24.6 Å². The van der Waals surface area contributed by atoms with Gasteiger partial charge in [0, 0.05) is 49.1 Å². The summed E-state index contributed by atoms with van der Waals surface area (Å²) in [5.41, 5.74) is 0.133. The van der Waals surface area contributed by atoms with E-state index in [1.807, 2.05) is 60.7 Å². The Kier molecular flexibility index (Phi) is 11.5. The van der Waals surface area contributed by atoms with Crippen molar-refractivity contribution in [3.63, 3.8) is 0 Å². The molecule has 1 aromatic heterocycles. The van der Waals surface area contributed by atoms with Crippen molar-refractivity contribution in [2.24, 2.45) is 0 Å². The van der Waals surface area contributed by atoms with Crippen molar-refractivity contribution < 1.29 is 28.7 Å². The van der Waals surface area contributed by atoms with Crippen LogP contribution in [0, 0.1) is 0 Å². The largest absolute Gasteiger partial charge is 0.460 e. The van der Waals surface area contributed by atoms with Crippen molar-refractivity contribution >= 4 is 35.6 Å². The maximum atomic E-state index is 13.8. The maximum Gasteiger partial charge on any atom is 0.409 e. The second kappa shape index (κ2) is 15.5. The van der Waals surface area contributed by atoms with Crippen molar-refractivity contribution in [1.29, 1.82) is 0 Å². The molecule has 0 radical (unpaired) electrons. The molecular weight excluding hydrogens is 594 g/mol. The minimum Gasteiger partial charge on any atom is -0.460 e. The van der Waals surface area contributed by atoms with Gasteiger partial charge in [0.05, 0.1) is 6.61 Å². The number of hydrogen-bond acceptors (Lipinski definition) is 9. The highest BCUT2D eigenvalue weighted by molar-refractivity contribution is 7.99. The molecule has 0 aliphatic carbocycles. The average Bonchev–Trinajstić information content (AvgIpc) is 3.02. The minimum absolute atomic E-state index is 0.0276. The number of carbonyl (C=O) groups is 4. The molecule has 0 bridgehead atoms. The Morgan fingerprint density at radius 2 is 1.53 bits per heavy atom. The van der Waals surface area contributed by atoms with Crippen LogP contribution in [0.15, 0.2) is 76.7 Å². The SMILES string of the molecule is CCOC(=O)N1CCN(C(=O)C(CCC(=O)OC(C)(C)C)NC(=O)c2cc(Sc3ccccc3)nc(-c3ccccc3)n2)CC1. The van der Waals surface area contributed by atoms with Gasteiger partial charge in [0.15, 0.2) is 5.82 Å². The van der Waals surface area contributed by atoms with Gasteiger partial charge in [-0.15, -0.1) is 0 Å². The van der Waals surface area contributed by atoms with Crippen LogP contribution in [0.2, 0.25) is 0 Å². The number of ether oxygens (including phenoxy) is 2. The molecule has 2 heterocycles. The fraction of sp³-hybridized carbons (Fsp3) is 0.394. The number of nitrogens with zero attached hydrogens (tertiary/aromatic N) is 4. The van der Waals surface area contributed by atoms with Gasteiger partial charge in [0.25, 0.3) is 5.91 Å². The fourth-order valence-corrected chi connectivity index (χ4v) is 5.45. The highest BCUT2D eigenvalue weighted by Gasteiger charge is 2.32. The third-order valence-corrected chi connectivity index (χ3v) is 7.64. The van der Waals surface area contributed by atoms with Crippen molar-refractivity contribution in [3.8, 4) is 11.4 Å². The molecule has 0 saturated carbocycles. The summed E-state index contributed by atoms with van der Waals surface area (Å²) < 4.78 is 10.5. The third-order valence-electron chi connectivity index (χ3n) is 6.71. The third kappa shape index (κ3) is 10.0. The number of carbonyl (C=O) groups excluding carboxylic acids is 4. The van der Waals surface area contributed by atoms with Crippen molar-refractivity contribution in [2.75, 3.05) is 32.8 Å². The molecule has 12 heteroatoms. The van der Waals surface area contributed by atoms with Crippen LogP contribution in [0.5, 0.6) is 0 Å². The number of piperazine rings is 1. The zero-order valence-electron chi connectivity index (χ0n) is 26.0. The molecule has 3 amide bonds. The molecule has 45 heavy (non-hydrogen) atoms. The fourth-order valence-electron chi connectivity index (χ4n) is 4.61. The summed E-state index contributed by atoms with van der Waals surface area (Å²) in [5, 5.41) is 3.39. The monoisotopic (exact) mass is 633 g/mol. The molecule has 3 aromatic rings. The lowest BCUT2D eigenvalue weighted by molar-refractivity contribution is -0.155. The van der Waals surface area contributed by atoms with E-state index >= 15 is 0 Å². The van der Waals surface area contributed by atoms with E-state index in [1.54, 1.807) is 43.6 Å². The Morgan fingerprint density at radius 1 is 0.911 bits per heavy atom. The Bertz CT molecular complexity index is 1470. The predicted octanol–water partition coefficient (Wildman–Crippen LogP) is 4.82. The van der Waals surface area contributed by atoms with Crippen LogP contribution in [-0.4, -0.2) is 88.1 Å².